The maximum Gasteiger partial charge on any atom is 0.286 e. The van der Waals surface area contributed by atoms with Crippen molar-refractivity contribution in [3.8, 4) is 0 Å². The van der Waals surface area contributed by atoms with Gasteiger partial charge in [0, 0.05) is 25.7 Å². The van der Waals surface area contributed by atoms with Gasteiger partial charge >= 0.3 is 0 Å². The molecular weight excluding hydrogens is 190 g/mol. The molecule has 3 nitrogen and oxygen atoms in total. The Balaban J connectivity index is 3.08. The van der Waals surface area contributed by atoms with Gasteiger partial charge in [0.15, 0.2) is 0 Å². The lowest BCUT2D eigenvalue weighted by molar-refractivity contribution is 0.0127. The fourth-order valence-corrected chi connectivity index (χ4v) is 0.956. The quantitative estimate of drug-likeness (QED) is 0.787. The molecule has 5 heteroatoms. The van der Waals surface area contributed by atoms with E-state index in [9.17, 15) is 13.6 Å². The molecule has 0 fully saturated rings. The van der Waals surface area contributed by atoms with Crippen LogP contribution in [0.5, 0.6) is 0 Å². The minimum Gasteiger partial charge on any atom is -0.355 e. The molecule has 0 radical (unpaired) electrons. The molecule has 0 aromatic carbocycles. The number of pyridine rings is 1. The van der Waals surface area contributed by atoms with Crippen molar-refractivity contribution in [1.82, 2.24) is 10.3 Å². The summed E-state index contributed by atoms with van der Waals surface area (Å²) in [5.74, 6) is -3.43. The van der Waals surface area contributed by atoms with Gasteiger partial charge in [0.2, 0.25) is 0 Å². The molecule has 0 aliphatic rings. The highest BCUT2D eigenvalue weighted by atomic mass is 19.3. The standard InChI is InChI=1S/C9H10F2N2O/c1-9(10,11)7-5-6(3-4-13-7)8(14)12-2/h3-5H,1-2H3,(H,12,14). The minimum absolute atomic E-state index is 0.180. The molecule has 0 saturated carbocycles. The number of aromatic nitrogens is 1. The number of hydrogen-bond donors (Lipinski definition) is 1. The van der Waals surface area contributed by atoms with E-state index in [1.54, 1.807) is 0 Å². The fraction of sp³-hybridized carbons (Fsp3) is 0.333. The van der Waals surface area contributed by atoms with E-state index in [1.807, 2.05) is 0 Å². The number of hydrogen-bond acceptors (Lipinski definition) is 2. The Morgan fingerprint density at radius 1 is 1.57 bits per heavy atom. The first kappa shape index (κ1) is 10.6. The van der Waals surface area contributed by atoms with Crippen LogP contribution < -0.4 is 5.32 Å². The van der Waals surface area contributed by atoms with Crippen molar-refractivity contribution in [3.05, 3.63) is 29.6 Å². The summed E-state index contributed by atoms with van der Waals surface area (Å²) in [5, 5.41) is 2.35. The van der Waals surface area contributed by atoms with Gasteiger partial charge in [-0.15, -0.1) is 0 Å². The summed E-state index contributed by atoms with van der Waals surface area (Å²) in [4.78, 5) is 14.6. The van der Waals surface area contributed by atoms with Crippen LogP contribution in [0.25, 0.3) is 0 Å². The molecule has 76 valence electrons. The molecule has 0 aliphatic carbocycles. The Kier molecular flexibility index (Phi) is 2.78. The van der Waals surface area contributed by atoms with Crippen LogP contribution in [-0.2, 0) is 5.92 Å². The van der Waals surface area contributed by atoms with Crippen molar-refractivity contribution in [2.24, 2.45) is 0 Å². The second kappa shape index (κ2) is 3.69. The summed E-state index contributed by atoms with van der Waals surface area (Å²) < 4.78 is 25.6. The second-order valence-corrected chi connectivity index (χ2v) is 2.90. The Hall–Kier alpha value is -1.52. The number of nitrogens with one attached hydrogen (secondary N) is 1. The van der Waals surface area contributed by atoms with Gasteiger partial charge < -0.3 is 5.32 Å². The van der Waals surface area contributed by atoms with Crippen LogP contribution in [0.15, 0.2) is 18.3 Å². The van der Waals surface area contributed by atoms with Crippen molar-refractivity contribution in [2.75, 3.05) is 7.05 Å². The molecule has 0 unspecified atom stereocenters. The average Bonchev–Trinajstić information content (AvgIpc) is 2.15. The maximum atomic E-state index is 12.8. The number of alkyl halides is 2. The van der Waals surface area contributed by atoms with E-state index < -0.39 is 17.5 Å². The molecule has 1 amide bonds. The maximum absolute atomic E-state index is 12.8. The second-order valence-electron chi connectivity index (χ2n) is 2.90. The van der Waals surface area contributed by atoms with Crippen LogP contribution >= 0.6 is 0 Å². The zero-order valence-corrected chi connectivity index (χ0v) is 7.84. The Morgan fingerprint density at radius 3 is 2.71 bits per heavy atom. The number of halogens is 2. The molecule has 0 atom stereocenters. The van der Waals surface area contributed by atoms with Gasteiger partial charge in [0.1, 0.15) is 5.69 Å². The van der Waals surface area contributed by atoms with Gasteiger partial charge in [-0.25, -0.2) is 0 Å². The largest absolute Gasteiger partial charge is 0.355 e. The summed E-state index contributed by atoms with van der Waals surface area (Å²) in [6.07, 6.45) is 1.19. The summed E-state index contributed by atoms with van der Waals surface area (Å²) in [6, 6.07) is 2.47. The van der Waals surface area contributed by atoms with Crippen LogP contribution in [0.2, 0.25) is 0 Å². The Bertz CT molecular complexity index is 347. The van der Waals surface area contributed by atoms with E-state index in [0.717, 1.165) is 13.0 Å². The minimum atomic E-state index is -3.02. The normalized spacial score (nSPS) is 11.1. The lowest BCUT2D eigenvalue weighted by atomic mass is 10.1. The fourth-order valence-electron chi connectivity index (χ4n) is 0.956. The third kappa shape index (κ3) is 2.25. The van der Waals surface area contributed by atoms with Crippen LogP contribution in [0.4, 0.5) is 8.78 Å². The van der Waals surface area contributed by atoms with E-state index >= 15 is 0 Å². The monoisotopic (exact) mass is 200 g/mol. The highest BCUT2D eigenvalue weighted by molar-refractivity contribution is 5.93. The van der Waals surface area contributed by atoms with E-state index in [4.69, 9.17) is 0 Å². The third-order valence-corrected chi connectivity index (χ3v) is 1.70. The summed E-state index contributed by atoms with van der Waals surface area (Å²) in [5.41, 5.74) is -0.224. The third-order valence-electron chi connectivity index (χ3n) is 1.70. The Morgan fingerprint density at radius 2 is 2.21 bits per heavy atom. The predicted molar refractivity (Wildman–Crippen MR) is 47.2 cm³/mol. The van der Waals surface area contributed by atoms with Gasteiger partial charge in [-0.2, -0.15) is 8.78 Å². The van der Waals surface area contributed by atoms with Crippen molar-refractivity contribution < 1.29 is 13.6 Å². The highest BCUT2D eigenvalue weighted by Crippen LogP contribution is 2.25. The molecule has 0 spiro atoms. The van der Waals surface area contributed by atoms with Gasteiger partial charge in [-0.05, 0) is 12.1 Å². The van der Waals surface area contributed by atoms with E-state index in [0.29, 0.717) is 0 Å². The molecule has 14 heavy (non-hydrogen) atoms. The molecular formula is C9H10F2N2O. The summed E-state index contributed by atoms with van der Waals surface area (Å²) in [7, 11) is 1.44. The van der Waals surface area contributed by atoms with Crippen LogP contribution in [-0.4, -0.2) is 17.9 Å². The van der Waals surface area contributed by atoms with Crippen molar-refractivity contribution in [3.63, 3.8) is 0 Å². The van der Waals surface area contributed by atoms with Crippen molar-refractivity contribution in [2.45, 2.75) is 12.8 Å². The van der Waals surface area contributed by atoms with Gasteiger partial charge in [0.25, 0.3) is 11.8 Å². The zero-order chi connectivity index (χ0) is 10.8. The molecule has 0 aliphatic heterocycles. The zero-order valence-electron chi connectivity index (χ0n) is 7.84. The number of rotatable bonds is 2. The van der Waals surface area contributed by atoms with Gasteiger partial charge in [-0.3, -0.25) is 9.78 Å². The van der Waals surface area contributed by atoms with Gasteiger partial charge in [-0.1, -0.05) is 0 Å². The number of nitrogens with zero attached hydrogens (tertiary/aromatic N) is 1. The van der Waals surface area contributed by atoms with Crippen molar-refractivity contribution in [1.29, 1.82) is 0 Å². The molecule has 0 bridgehead atoms. The van der Waals surface area contributed by atoms with Crippen LogP contribution in [0, 0.1) is 0 Å². The van der Waals surface area contributed by atoms with E-state index in [1.165, 1.54) is 19.3 Å². The first-order valence-corrected chi connectivity index (χ1v) is 4.01. The van der Waals surface area contributed by atoms with E-state index in [2.05, 4.69) is 10.3 Å². The predicted octanol–water partition coefficient (Wildman–Crippen LogP) is 1.55. The Labute approximate surface area is 80.2 Å². The molecule has 1 aromatic rings. The number of carbonyl (C=O) groups excluding carboxylic acids is 1. The van der Waals surface area contributed by atoms with Gasteiger partial charge in [0.05, 0.1) is 0 Å². The first-order valence-electron chi connectivity index (χ1n) is 4.01. The molecule has 0 saturated heterocycles. The lowest BCUT2D eigenvalue weighted by Gasteiger charge is -2.09. The highest BCUT2D eigenvalue weighted by Gasteiger charge is 2.26. The topological polar surface area (TPSA) is 42.0 Å². The average molecular weight is 200 g/mol. The first-order chi connectivity index (χ1) is 6.45. The van der Waals surface area contributed by atoms with Crippen LogP contribution in [0.3, 0.4) is 0 Å². The molecule has 1 heterocycles. The van der Waals surface area contributed by atoms with Crippen molar-refractivity contribution >= 4 is 5.91 Å². The molecule has 1 aromatic heterocycles. The summed E-state index contributed by atoms with van der Waals surface area (Å²) >= 11 is 0. The lowest BCUT2D eigenvalue weighted by Crippen LogP contribution is -2.19. The SMILES string of the molecule is CNC(=O)c1ccnc(C(C)(F)F)c1. The number of carbonyl (C=O) groups is 1. The molecule has 1 N–H and O–H groups in total. The van der Waals surface area contributed by atoms with Crippen LogP contribution in [0.1, 0.15) is 23.0 Å². The smallest absolute Gasteiger partial charge is 0.286 e. The summed E-state index contributed by atoms with van der Waals surface area (Å²) in [6.45, 7) is 0.739. The number of amides is 1. The molecule has 1 rings (SSSR count). The van der Waals surface area contributed by atoms with E-state index in [-0.39, 0.29) is 5.56 Å².